The molecule has 12 atom stereocenters. The minimum Gasteiger partial charge on any atom is -0.507 e. The molecule has 0 spiro atoms. The molecule has 0 saturated carbocycles. The standard InChI is InChI=1S/C38H45NO14/c1-15-23(41)9-10-26(48-15)52-37-17(3)50-28(12-24(37)42)53-36-16(2)49-27(11-22(36)39)51-25-14-38(47,18(4)40)13-21-29(25)35(46)31-30(34(21)45)32(43)19-7-5-6-8-20(19)33(31)44/h5-8,15-17,22,24-28,36-37,42,45-47H,9-14,39H2,1-4H3/t15-,16-,17-,22-,24-,25-,26-,27-,28-,36+,37+,38-/m0/s1. The zero-order valence-corrected chi connectivity index (χ0v) is 29.9. The molecular formula is C38H45NO14. The van der Waals surface area contributed by atoms with E-state index < -0.39 is 114 Å². The number of benzene rings is 2. The largest absolute Gasteiger partial charge is 0.507 e. The summed E-state index contributed by atoms with van der Waals surface area (Å²) in [6, 6.07) is 5.36. The third kappa shape index (κ3) is 6.72. The van der Waals surface area contributed by atoms with Gasteiger partial charge in [-0.3, -0.25) is 19.2 Å². The molecule has 7 rings (SSSR count). The third-order valence-corrected chi connectivity index (χ3v) is 11.2. The molecule has 5 aliphatic rings. The molecule has 0 aromatic heterocycles. The number of carbonyl (C=O) groups excluding carboxylic acids is 4. The molecule has 3 saturated heterocycles. The Hall–Kier alpha value is -3.64. The molecule has 2 aliphatic carbocycles. The van der Waals surface area contributed by atoms with Crippen molar-refractivity contribution >= 4 is 23.1 Å². The second-order valence-corrected chi connectivity index (χ2v) is 14.8. The molecular weight excluding hydrogens is 694 g/mol. The first-order valence-corrected chi connectivity index (χ1v) is 18.0. The molecule has 3 fully saturated rings. The Balaban J connectivity index is 1.07. The molecule has 286 valence electrons. The number of ether oxygens (including phenoxy) is 6. The lowest BCUT2D eigenvalue weighted by Crippen LogP contribution is -2.57. The fourth-order valence-corrected chi connectivity index (χ4v) is 8.22. The summed E-state index contributed by atoms with van der Waals surface area (Å²) in [7, 11) is 0. The van der Waals surface area contributed by atoms with Crippen molar-refractivity contribution in [3.8, 4) is 11.5 Å². The smallest absolute Gasteiger partial charge is 0.198 e. The van der Waals surface area contributed by atoms with Crippen molar-refractivity contribution in [2.24, 2.45) is 5.73 Å². The monoisotopic (exact) mass is 739 g/mol. The molecule has 0 bridgehead atoms. The number of rotatable bonds is 7. The van der Waals surface area contributed by atoms with Gasteiger partial charge in [0.2, 0.25) is 0 Å². The summed E-state index contributed by atoms with van der Waals surface area (Å²) in [6.07, 6.45) is -8.09. The number of phenolic OH excluding ortho intramolecular Hbond substituents is 2. The summed E-state index contributed by atoms with van der Waals surface area (Å²) in [5.74, 6) is -3.19. The SMILES string of the molecule is CC(=O)[C@]1(O)Cc2c(O)c3c(c(O)c2[C@@H](O[C@H]2C[C@H](N)[C@H](O[C@H]4C[C@H](O)[C@H](O[C@H]5CCC(=O)[C@H](C)O5)[C@H](C)O4)[C@H](C)O2)C1)C(=O)c1ccccc1C3=O. The van der Waals surface area contributed by atoms with Gasteiger partial charge in [0.1, 0.15) is 35.4 Å². The number of Topliss-reactive ketones (excluding diaryl/α,β-unsaturated/α-hetero) is 2. The summed E-state index contributed by atoms with van der Waals surface area (Å²) in [5.41, 5.74) is 3.76. The molecule has 15 nitrogen and oxygen atoms in total. The number of carbonyl (C=O) groups is 4. The quantitative estimate of drug-likeness (QED) is 0.218. The van der Waals surface area contributed by atoms with E-state index in [4.69, 9.17) is 34.2 Å². The van der Waals surface area contributed by atoms with E-state index in [9.17, 15) is 39.6 Å². The van der Waals surface area contributed by atoms with Crippen molar-refractivity contribution in [3.05, 3.63) is 57.6 Å². The maximum absolute atomic E-state index is 13.6. The van der Waals surface area contributed by atoms with Crippen LogP contribution in [-0.4, -0.2) is 111 Å². The number of ketones is 4. The molecule has 2 aromatic carbocycles. The predicted molar refractivity (Wildman–Crippen MR) is 181 cm³/mol. The molecule has 0 radical (unpaired) electrons. The van der Waals surface area contributed by atoms with Gasteiger partial charge in [0.15, 0.2) is 42.0 Å². The summed E-state index contributed by atoms with van der Waals surface area (Å²) in [4.78, 5) is 51.8. The van der Waals surface area contributed by atoms with Crippen LogP contribution in [0.5, 0.6) is 11.5 Å². The van der Waals surface area contributed by atoms with Crippen LogP contribution in [0.3, 0.4) is 0 Å². The lowest BCUT2D eigenvalue weighted by molar-refractivity contribution is -0.319. The van der Waals surface area contributed by atoms with Crippen LogP contribution in [0.2, 0.25) is 0 Å². The zero-order valence-electron chi connectivity index (χ0n) is 29.9. The van der Waals surface area contributed by atoms with Crippen molar-refractivity contribution in [3.63, 3.8) is 0 Å². The van der Waals surface area contributed by atoms with Gasteiger partial charge in [0, 0.05) is 66.8 Å². The minimum absolute atomic E-state index is 0.00243. The van der Waals surface area contributed by atoms with Crippen LogP contribution < -0.4 is 5.73 Å². The van der Waals surface area contributed by atoms with Crippen molar-refractivity contribution < 1.29 is 68.0 Å². The lowest BCUT2D eigenvalue weighted by Gasteiger charge is -2.45. The first-order valence-electron chi connectivity index (χ1n) is 18.0. The highest BCUT2D eigenvalue weighted by Gasteiger charge is 2.50. The van der Waals surface area contributed by atoms with Gasteiger partial charge in [-0.1, -0.05) is 24.3 Å². The first-order chi connectivity index (χ1) is 25.1. The second kappa shape index (κ2) is 14.2. The van der Waals surface area contributed by atoms with Gasteiger partial charge in [0.25, 0.3) is 0 Å². The molecule has 0 amide bonds. The van der Waals surface area contributed by atoms with Gasteiger partial charge in [-0.05, 0) is 27.7 Å². The van der Waals surface area contributed by atoms with Gasteiger partial charge in [-0.2, -0.15) is 0 Å². The maximum atomic E-state index is 13.6. The van der Waals surface area contributed by atoms with E-state index in [0.29, 0.717) is 12.8 Å². The average Bonchev–Trinajstić information content (AvgIpc) is 3.10. The first kappa shape index (κ1) is 37.7. The molecule has 2 aromatic rings. The van der Waals surface area contributed by atoms with E-state index >= 15 is 0 Å². The number of aliphatic hydroxyl groups excluding tert-OH is 1. The fraction of sp³-hybridized carbons (Fsp3) is 0.579. The summed E-state index contributed by atoms with van der Waals surface area (Å²) in [5, 5.41) is 45.6. The molecule has 15 heteroatoms. The van der Waals surface area contributed by atoms with Gasteiger partial charge < -0.3 is 54.6 Å². The Bertz CT molecular complexity index is 1810. The van der Waals surface area contributed by atoms with E-state index in [0.717, 1.165) is 0 Å². The van der Waals surface area contributed by atoms with Crippen LogP contribution in [0.15, 0.2) is 24.3 Å². The number of fused-ring (bicyclic) bond motifs is 3. The van der Waals surface area contributed by atoms with Crippen LogP contribution >= 0.6 is 0 Å². The fourth-order valence-electron chi connectivity index (χ4n) is 8.22. The normalized spacial score (nSPS) is 37.1. The van der Waals surface area contributed by atoms with Crippen LogP contribution in [0.1, 0.15) is 109 Å². The van der Waals surface area contributed by atoms with Crippen molar-refractivity contribution in [1.82, 2.24) is 0 Å². The molecule has 53 heavy (non-hydrogen) atoms. The number of aromatic hydroxyl groups is 2. The van der Waals surface area contributed by atoms with E-state index in [1.807, 2.05) is 0 Å². The van der Waals surface area contributed by atoms with E-state index in [2.05, 4.69) is 0 Å². The number of hydrogen-bond donors (Lipinski definition) is 5. The van der Waals surface area contributed by atoms with Crippen LogP contribution in [0.4, 0.5) is 0 Å². The highest BCUT2D eigenvalue weighted by molar-refractivity contribution is 6.30. The van der Waals surface area contributed by atoms with Gasteiger partial charge in [0.05, 0.1) is 35.5 Å². The van der Waals surface area contributed by atoms with E-state index in [1.54, 1.807) is 32.9 Å². The van der Waals surface area contributed by atoms with Crippen LogP contribution in [0, 0.1) is 0 Å². The Morgan fingerprint density at radius 2 is 1.43 bits per heavy atom. The topological polar surface area (TPSA) is 231 Å². The highest BCUT2D eigenvalue weighted by Crippen LogP contribution is 2.52. The van der Waals surface area contributed by atoms with E-state index in [1.165, 1.54) is 19.1 Å². The third-order valence-electron chi connectivity index (χ3n) is 11.2. The summed E-state index contributed by atoms with van der Waals surface area (Å²) in [6.45, 7) is 6.30. The number of hydrogen-bond acceptors (Lipinski definition) is 15. The summed E-state index contributed by atoms with van der Waals surface area (Å²) >= 11 is 0. The van der Waals surface area contributed by atoms with Crippen molar-refractivity contribution in [2.45, 2.75) is 139 Å². The summed E-state index contributed by atoms with van der Waals surface area (Å²) < 4.78 is 36.4. The van der Waals surface area contributed by atoms with Crippen LogP contribution in [-0.2, 0) is 44.4 Å². The number of phenols is 2. The minimum atomic E-state index is -2.04. The predicted octanol–water partition coefficient (Wildman–Crippen LogP) is 2.02. The average molecular weight is 740 g/mol. The lowest BCUT2D eigenvalue weighted by atomic mass is 9.72. The molecule has 3 heterocycles. The number of nitrogens with two attached hydrogens (primary N) is 1. The van der Waals surface area contributed by atoms with Crippen LogP contribution in [0.25, 0.3) is 0 Å². The highest BCUT2D eigenvalue weighted by atomic mass is 16.7. The van der Waals surface area contributed by atoms with Gasteiger partial charge in [-0.25, -0.2) is 0 Å². The second-order valence-electron chi connectivity index (χ2n) is 14.8. The molecule has 3 aliphatic heterocycles. The van der Waals surface area contributed by atoms with Crippen molar-refractivity contribution in [2.75, 3.05) is 0 Å². The van der Waals surface area contributed by atoms with E-state index in [-0.39, 0.29) is 52.9 Å². The van der Waals surface area contributed by atoms with Gasteiger partial charge >= 0.3 is 0 Å². The maximum Gasteiger partial charge on any atom is 0.198 e. The Kier molecular flexibility index (Phi) is 10.1. The van der Waals surface area contributed by atoms with Crippen molar-refractivity contribution in [1.29, 1.82) is 0 Å². The zero-order chi connectivity index (χ0) is 38.1. The van der Waals surface area contributed by atoms with Gasteiger partial charge in [-0.15, -0.1) is 0 Å². The Morgan fingerprint density at radius 3 is 2.02 bits per heavy atom. The molecule has 6 N–H and O–H groups in total. The number of aliphatic hydroxyl groups is 2. The molecule has 0 unspecified atom stereocenters. The Labute approximate surface area is 305 Å². The Morgan fingerprint density at radius 1 is 0.849 bits per heavy atom.